The molecule has 2 aromatic rings. The Kier molecular flexibility index (Phi) is 3.01. The maximum atomic E-state index is 11.6. The summed E-state index contributed by atoms with van der Waals surface area (Å²) in [5.74, 6) is -1.24. The summed E-state index contributed by atoms with van der Waals surface area (Å²) in [5, 5.41) is 11.7. The van der Waals surface area contributed by atoms with E-state index in [0.717, 1.165) is 0 Å². The number of rotatable bonds is 3. The average molecular weight is 247 g/mol. The van der Waals surface area contributed by atoms with Gasteiger partial charge in [-0.2, -0.15) is 0 Å². The average Bonchev–Trinajstić information content (AvgIpc) is 2.80. The number of likely N-dealkylation sites (N-methyl/N-ethyl adjacent to an activating group) is 1. The van der Waals surface area contributed by atoms with Gasteiger partial charge >= 0.3 is 5.97 Å². The Bertz CT molecular complexity index is 618. The lowest BCUT2D eigenvalue weighted by molar-refractivity contribution is -0.123. The molecule has 6 heteroatoms. The standard InChI is InChI=1S/C12H13N3O3/c1-7(11(16)13-2)15-6-14-9-5-3-4-8(10(9)15)12(17)18/h3-7H,1-2H3,(H,13,16)(H,17,18). The third kappa shape index (κ3) is 1.81. The molecule has 0 aliphatic carbocycles. The summed E-state index contributed by atoms with van der Waals surface area (Å²) in [6, 6.07) is 4.34. The normalized spacial score (nSPS) is 12.3. The van der Waals surface area contributed by atoms with Gasteiger partial charge in [-0.25, -0.2) is 9.78 Å². The minimum Gasteiger partial charge on any atom is -0.478 e. The van der Waals surface area contributed by atoms with Crippen LogP contribution < -0.4 is 5.32 Å². The quantitative estimate of drug-likeness (QED) is 0.848. The Morgan fingerprint density at radius 1 is 1.44 bits per heavy atom. The molecule has 0 aliphatic rings. The van der Waals surface area contributed by atoms with E-state index in [1.165, 1.54) is 19.4 Å². The third-order valence-electron chi connectivity index (χ3n) is 2.87. The molecule has 1 aromatic heterocycles. The van der Waals surface area contributed by atoms with E-state index in [0.29, 0.717) is 11.0 Å². The van der Waals surface area contributed by atoms with E-state index in [1.54, 1.807) is 23.6 Å². The second kappa shape index (κ2) is 4.48. The molecule has 0 aliphatic heterocycles. The summed E-state index contributed by atoms with van der Waals surface area (Å²) in [7, 11) is 1.54. The largest absolute Gasteiger partial charge is 0.478 e. The number of hydrogen-bond donors (Lipinski definition) is 2. The van der Waals surface area contributed by atoms with Gasteiger partial charge in [-0.1, -0.05) is 6.07 Å². The molecule has 0 fully saturated rings. The number of aromatic nitrogens is 2. The van der Waals surface area contributed by atoms with Crippen LogP contribution in [0.4, 0.5) is 0 Å². The smallest absolute Gasteiger partial charge is 0.337 e. The van der Waals surface area contributed by atoms with Crippen molar-refractivity contribution in [2.24, 2.45) is 0 Å². The number of para-hydroxylation sites is 1. The van der Waals surface area contributed by atoms with Crippen molar-refractivity contribution in [3.8, 4) is 0 Å². The Morgan fingerprint density at radius 2 is 2.17 bits per heavy atom. The first-order chi connectivity index (χ1) is 8.56. The number of carboxylic acids is 1. The minimum absolute atomic E-state index is 0.140. The summed E-state index contributed by atoms with van der Waals surface area (Å²) in [5.41, 5.74) is 1.16. The van der Waals surface area contributed by atoms with E-state index < -0.39 is 12.0 Å². The highest BCUT2D eigenvalue weighted by molar-refractivity contribution is 6.01. The van der Waals surface area contributed by atoms with Crippen LogP contribution >= 0.6 is 0 Å². The highest BCUT2D eigenvalue weighted by Gasteiger charge is 2.19. The van der Waals surface area contributed by atoms with E-state index in [4.69, 9.17) is 5.11 Å². The molecule has 1 atom stereocenters. The van der Waals surface area contributed by atoms with E-state index in [9.17, 15) is 9.59 Å². The van der Waals surface area contributed by atoms with Crippen molar-refractivity contribution in [3.63, 3.8) is 0 Å². The fraction of sp³-hybridized carbons (Fsp3) is 0.250. The van der Waals surface area contributed by atoms with E-state index >= 15 is 0 Å². The summed E-state index contributed by atoms with van der Waals surface area (Å²) < 4.78 is 1.57. The topological polar surface area (TPSA) is 84.2 Å². The SMILES string of the molecule is CNC(=O)C(C)n1cnc2cccc(C(=O)O)c21. The van der Waals surface area contributed by atoms with E-state index in [-0.39, 0.29) is 11.5 Å². The molecule has 0 saturated carbocycles. The Hall–Kier alpha value is -2.37. The number of nitrogens with zero attached hydrogens (tertiary/aromatic N) is 2. The van der Waals surface area contributed by atoms with Gasteiger partial charge in [0.2, 0.25) is 5.91 Å². The molecule has 1 aromatic carbocycles. The number of benzene rings is 1. The van der Waals surface area contributed by atoms with Gasteiger partial charge in [-0.05, 0) is 19.1 Å². The molecule has 1 heterocycles. The van der Waals surface area contributed by atoms with Gasteiger partial charge in [0.05, 0.1) is 22.9 Å². The number of carbonyl (C=O) groups is 2. The molecular formula is C12H13N3O3. The Labute approximate surface area is 103 Å². The van der Waals surface area contributed by atoms with Gasteiger partial charge < -0.3 is 15.0 Å². The van der Waals surface area contributed by atoms with Gasteiger partial charge in [-0.15, -0.1) is 0 Å². The summed E-state index contributed by atoms with van der Waals surface area (Å²) in [6.45, 7) is 1.69. The first-order valence-corrected chi connectivity index (χ1v) is 5.46. The van der Waals surface area contributed by atoms with Gasteiger partial charge in [0.25, 0.3) is 0 Å². The number of carboxylic acid groups (broad SMARTS) is 1. The molecule has 2 N–H and O–H groups in total. The Morgan fingerprint density at radius 3 is 2.78 bits per heavy atom. The maximum absolute atomic E-state index is 11.6. The fourth-order valence-electron chi connectivity index (χ4n) is 1.89. The zero-order valence-electron chi connectivity index (χ0n) is 10.0. The highest BCUT2D eigenvalue weighted by Crippen LogP contribution is 2.21. The van der Waals surface area contributed by atoms with E-state index in [1.807, 2.05) is 0 Å². The van der Waals surface area contributed by atoms with Crippen molar-refractivity contribution in [3.05, 3.63) is 30.1 Å². The van der Waals surface area contributed by atoms with Crippen molar-refractivity contribution >= 4 is 22.9 Å². The number of amides is 1. The van der Waals surface area contributed by atoms with Crippen LogP contribution in [0.3, 0.4) is 0 Å². The first kappa shape index (κ1) is 12.1. The van der Waals surface area contributed by atoms with Crippen molar-refractivity contribution < 1.29 is 14.7 Å². The summed E-state index contributed by atoms with van der Waals surface area (Å²) in [6.07, 6.45) is 1.48. The van der Waals surface area contributed by atoms with Gasteiger partial charge in [0.15, 0.2) is 0 Å². The molecule has 1 unspecified atom stereocenters. The van der Waals surface area contributed by atoms with Crippen LogP contribution in [0.25, 0.3) is 11.0 Å². The molecule has 0 radical (unpaired) electrons. The number of fused-ring (bicyclic) bond motifs is 1. The lowest BCUT2D eigenvalue weighted by atomic mass is 10.1. The predicted octanol–water partition coefficient (Wildman–Crippen LogP) is 1.04. The van der Waals surface area contributed by atoms with Crippen molar-refractivity contribution in [1.82, 2.24) is 14.9 Å². The molecule has 0 bridgehead atoms. The van der Waals surface area contributed by atoms with Crippen LogP contribution in [-0.4, -0.2) is 33.6 Å². The number of hydrogen-bond acceptors (Lipinski definition) is 3. The van der Waals surface area contributed by atoms with Gasteiger partial charge in [0, 0.05) is 7.05 Å². The molecular weight excluding hydrogens is 234 g/mol. The molecule has 0 saturated heterocycles. The van der Waals surface area contributed by atoms with Crippen LogP contribution in [-0.2, 0) is 4.79 Å². The summed E-state index contributed by atoms with van der Waals surface area (Å²) >= 11 is 0. The maximum Gasteiger partial charge on any atom is 0.337 e. The number of imidazole rings is 1. The molecule has 1 amide bonds. The Balaban J connectivity index is 2.65. The predicted molar refractivity (Wildman–Crippen MR) is 65.5 cm³/mol. The van der Waals surface area contributed by atoms with E-state index in [2.05, 4.69) is 10.3 Å². The van der Waals surface area contributed by atoms with Crippen molar-refractivity contribution in [2.45, 2.75) is 13.0 Å². The lowest BCUT2D eigenvalue weighted by Gasteiger charge is -2.13. The van der Waals surface area contributed by atoms with Gasteiger partial charge in [0.1, 0.15) is 6.04 Å². The van der Waals surface area contributed by atoms with Gasteiger partial charge in [-0.3, -0.25) is 4.79 Å². The molecule has 6 nitrogen and oxygen atoms in total. The third-order valence-corrected chi connectivity index (χ3v) is 2.87. The molecule has 2 rings (SSSR count). The molecule has 0 spiro atoms. The lowest BCUT2D eigenvalue weighted by Crippen LogP contribution is -2.27. The van der Waals surface area contributed by atoms with Crippen LogP contribution in [0.5, 0.6) is 0 Å². The second-order valence-electron chi connectivity index (χ2n) is 3.92. The monoisotopic (exact) mass is 247 g/mol. The molecule has 18 heavy (non-hydrogen) atoms. The minimum atomic E-state index is -1.04. The van der Waals surface area contributed by atoms with Crippen LogP contribution in [0.1, 0.15) is 23.3 Å². The van der Waals surface area contributed by atoms with Crippen LogP contribution in [0, 0.1) is 0 Å². The van der Waals surface area contributed by atoms with Crippen molar-refractivity contribution in [2.75, 3.05) is 7.05 Å². The number of nitrogens with one attached hydrogen (secondary N) is 1. The summed E-state index contributed by atoms with van der Waals surface area (Å²) in [4.78, 5) is 26.9. The van der Waals surface area contributed by atoms with Crippen molar-refractivity contribution in [1.29, 1.82) is 0 Å². The molecule has 94 valence electrons. The highest BCUT2D eigenvalue weighted by atomic mass is 16.4. The first-order valence-electron chi connectivity index (χ1n) is 5.46. The fourth-order valence-corrected chi connectivity index (χ4v) is 1.89. The second-order valence-corrected chi connectivity index (χ2v) is 3.92. The number of carbonyl (C=O) groups excluding carboxylic acids is 1. The zero-order chi connectivity index (χ0) is 13.3. The zero-order valence-corrected chi connectivity index (χ0v) is 10.0. The van der Waals surface area contributed by atoms with Crippen LogP contribution in [0.15, 0.2) is 24.5 Å². The van der Waals surface area contributed by atoms with Crippen LogP contribution in [0.2, 0.25) is 0 Å². The number of aromatic carboxylic acids is 1.